The van der Waals surface area contributed by atoms with Crippen LogP contribution in [0.15, 0.2) is 17.6 Å². The number of anilines is 1. The average Bonchev–Trinajstić information content (AvgIpc) is 2.72. The third-order valence-electron chi connectivity index (χ3n) is 2.48. The monoisotopic (exact) mass is 278 g/mol. The van der Waals surface area contributed by atoms with Gasteiger partial charge in [-0.25, -0.2) is 9.97 Å². The van der Waals surface area contributed by atoms with Crippen molar-refractivity contribution in [2.45, 2.75) is 20.4 Å². The summed E-state index contributed by atoms with van der Waals surface area (Å²) in [7, 11) is 0. The number of thiazole rings is 1. The van der Waals surface area contributed by atoms with E-state index in [9.17, 15) is 0 Å². The van der Waals surface area contributed by atoms with Crippen molar-refractivity contribution in [3.05, 3.63) is 39.5 Å². The molecule has 2 heterocycles. The van der Waals surface area contributed by atoms with E-state index in [2.05, 4.69) is 15.3 Å². The first-order chi connectivity index (χ1) is 8.58. The molecule has 2 rings (SSSR count). The fraction of sp³-hybridized carbons (Fsp3) is 0.250. The highest BCUT2D eigenvalue weighted by Gasteiger charge is 2.10. The Morgan fingerprint density at radius 3 is 2.89 bits per heavy atom. The van der Waals surface area contributed by atoms with E-state index < -0.39 is 0 Å². The topological polar surface area (TPSA) is 63.8 Å². The molecular formula is C12H14N4S2. The summed E-state index contributed by atoms with van der Waals surface area (Å²) < 4.78 is 0. The van der Waals surface area contributed by atoms with Crippen LogP contribution in [-0.4, -0.2) is 15.0 Å². The summed E-state index contributed by atoms with van der Waals surface area (Å²) in [4.78, 5) is 9.03. The second-order valence-corrected chi connectivity index (χ2v) is 5.33. The van der Waals surface area contributed by atoms with E-state index in [0.717, 1.165) is 27.6 Å². The van der Waals surface area contributed by atoms with Gasteiger partial charge in [0.2, 0.25) is 0 Å². The summed E-state index contributed by atoms with van der Waals surface area (Å²) >= 11 is 6.68. The SMILES string of the molecule is Cc1csc(CNc2nccc(C)c2C(N)=S)n1. The molecule has 6 heteroatoms. The molecule has 0 aliphatic heterocycles. The number of nitrogens with two attached hydrogens (primary N) is 1. The molecule has 2 aromatic rings. The number of hydrogen-bond acceptors (Lipinski definition) is 5. The van der Waals surface area contributed by atoms with Crippen LogP contribution in [0.4, 0.5) is 5.82 Å². The fourth-order valence-electron chi connectivity index (χ4n) is 1.65. The van der Waals surface area contributed by atoms with E-state index in [0.29, 0.717) is 11.5 Å². The predicted octanol–water partition coefficient (Wildman–Crippen LogP) is 2.40. The maximum absolute atomic E-state index is 5.73. The smallest absolute Gasteiger partial charge is 0.136 e. The minimum absolute atomic E-state index is 0.360. The lowest BCUT2D eigenvalue weighted by Crippen LogP contribution is -2.16. The molecule has 0 aliphatic rings. The van der Waals surface area contributed by atoms with Crippen LogP contribution < -0.4 is 11.1 Å². The Morgan fingerprint density at radius 1 is 1.50 bits per heavy atom. The molecule has 18 heavy (non-hydrogen) atoms. The molecule has 0 aromatic carbocycles. The van der Waals surface area contributed by atoms with Gasteiger partial charge in [-0.2, -0.15) is 0 Å². The number of nitrogens with zero attached hydrogens (tertiary/aromatic N) is 2. The summed E-state index contributed by atoms with van der Waals surface area (Å²) in [6.45, 7) is 4.57. The number of aromatic nitrogens is 2. The summed E-state index contributed by atoms with van der Waals surface area (Å²) in [5, 5.41) is 6.28. The van der Waals surface area contributed by atoms with Gasteiger partial charge in [-0.1, -0.05) is 12.2 Å². The largest absolute Gasteiger partial charge is 0.389 e. The molecule has 0 spiro atoms. The van der Waals surface area contributed by atoms with Gasteiger partial charge in [-0.3, -0.25) is 0 Å². The molecule has 0 amide bonds. The number of thiocarbonyl (C=S) groups is 1. The third kappa shape index (κ3) is 2.83. The molecular weight excluding hydrogens is 264 g/mol. The molecule has 0 fully saturated rings. The number of pyridine rings is 1. The molecule has 0 unspecified atom stereocenters. The Balaban J connectivity index is 2.19. The van der Waals surface area contributed by atoms with Crippen LogP contribution >= 0.6 is 23.6 Å². The lowest BCUT2D eigenvalue weighted by atomic mass is 10.1. The van der Waals surface area contributed by atoms with Gasteiger partial charge in [0, 0.05) is 17.3 Å². The Kier molecular flexibility index (Phi) is 3.88. The third-order valence-corrected chi connectivity index (χ3v) is 3.65. The van der Waals surface area contributed by atoms with Crippen LogP contribution in [0.2, 0.25) is 0 Å². The second kappa shape index (κ2) is 5.41. The van der Waals surface area contributed by atoms with Crippen LogP contribution in [0.3, 0.4) is 0 Å². The Morgan fingerprint density at radius 2 is 2.28 bits per heavy atom. The molecule has 0 saturated heterocycles. The van der Waals surface area contributed by atoms with Crippen molar-refractivity contribution in [3.8, 4) is 0 Å². The minimum atomic E-state index is 0.360. The van der Waals surface area contributed by atoms with E-state index in [-0.39, 0.29) is 0 Å². The van der Waals surface area contributed by atoms with Crippen molar-refractivity contribution in [1.82, 2.24) is 9.97 Å². The second-order valence-electron chi connectivity index (χ2n) is 3.95. The van der Waals surface area contributed by atoms with Gasteiger partial charge in [-0.05, 0) is 25.5 Å². The lowest BCUT2D eigenvalue weighted by Gasteiger charge is -2.11. The molecule has 0 saturated carbocycles. The molecule has 3 N–H and O–H groups in total. The zero-order chi connectivity index (χ0) is 13.1. The average molecular weight is 278 g/mol. The van der Waals surface area contributed by atoms with E-state index in [1.165, 1.54) is 0 Å². The first-order valence-electron chi connectivity index (χ1n) is 5.48. The van der Waals surface area contributed by atoms with Crippen molar-refractivity contribution in [2.75, 3.05) is 5.32 Å². The molecule has 0 aliphatic carbocycles. The highest BCUT2D eigenvalue weighted by Crippen LogP contribution is 2.18. The van der Waals surface area contributed by atoms with Crippen LogP contribution in [0.25, 0.3) is 0 Å². The van der Waals surface area contributed by atoms with Gasteiger partial charge >= 0.3 is 0 Å². The van der Waals surface area contributed by atoms with E-state index >= 15 is 0 Å². The standard InChI is InChI=1S/C12H14N4S2/c1-7-3-4-14-12(10(7)11(13)17)15-5-9-16-8(2)6-18-9/h3-4,6H,5H2,1-2H3,(H2,13,17)(H,14,15). The molecule has 0 atom stereocenters. The number of hydrogen-bond donors (Lipinski definition) is 2. The fourth-order valence-corrected chi connectivity index (χ4v) is 2.62. The summed E-state index contributed by atoms with van der Waals surface area (Å²) in [5.41, 5.74) is 8.59. The summed E-state index contributed by atoms with van der Waals surface area (Å²) in [6, 6.07) is 1.90. The predicted molar refractivity (Wildman–Crippen MR) is 79.0 cm³/mol. The van der Waals surface area contributed by atoms with Crippen LogP contribution in [0.5, 0.6) is 0 Å². The maximum atomic E-state index is 5.73. The maximum Gasteiger partial charge on any atom is 0.136 e. The van der Waals surface area contributed by atoms with Gasteiger partial charge in [0.05, 0.1) is 12.1 Å². The van der Waals surface area contributed by atoms with Gasteiger partial charge in [0.1, 0.15) is 15.8 Å². The molecule has 2 aromatic heterocycles. The van der Waals surface area contributed by atoms with Crippen molar-refractivity contribution < 1.29 is 0 Å². The number of rotatable bonds is 4. The van der Waals surface area contributed by atoms with E-state index in [1.54, 1.807) is 17.5 Å². The van der Waals surface area contributed by atoms with Crippen LogP contribution in [0, 0.1) is 13.8 Å². The number of nitrogens with one attached hydrogen (secondary N) is 1. The molecule has 94 valence electrons. The van der Waals surface area contributed by atoms with E-state index in [1.807, 2.05) is 25.3 Å². The van der Waals surface area contributed by atoms with Gasteiger partial charge in [-0.15, -0.1) is 11.3 Å². The first-order valence-corrected chi connectivity index (χ1v) is 6.77. The van der Waals surface area contributed by atoms with Crippen LogP contribution in [0.1, 0.15) is 21.8 Å². The van der Waals surface area contributed by atoms with Crippen molar-refractivity contribution in [1.29, 1.82) is 0 Å². The first kappa shape index (κ1) is 12.9. The highest BCUT2D eigenvalue weighted by atomic mass is 32.1. The minimum Gasteiger partial charge on any atom is -0.389 e. The van der Waals surface area contributed by atoms with Crippen molar-refractivity contribution in [3.63, 3.8) is 0 Å². The van der Waals surface area contributed by atoms with Crippen molar-refractivity contribution in [2.24, 2.45) is 5.73 Å². The number of aryl methyl sites for hydroxylation is 2. The molecule has 0 bridgehead atoms. The lowest BCUT2D eigenvalue weighted by molar-refractivity contribution is 1.05. The summed E-state index contributed by atoms with van der Waals surface area (Å²) in [6.07, 6.45) is 1.74. The summed E-state index contributed by atoms with van der Waals surface area (Å²) in [5.74, 6) is 0.718. The zero-order valence-corrected chi connectivity index (χ0v) is 11.9. The van der Waals surface area contributed by atoms with Crippen LogP contribution in [-0.2, 0) is 6.54 Å². The quantitative estimate of drug-likeness (QED) is 0.841. The van der Waals surface area contributed by atoms with E-state index in [4.69, 9.17) is 18.0 Å². The Hall–Kier alpha value is -1.53. The Labute approximate surface area is 115 Å². The normalized spacial score (nSPS) is 10.3. The van der Waals surface area contributed by atoms with Gasteiger partial charge < -0.3 is 11.1 Å². The van der Waals surface area contributed by atoms with Gasteiger partial charge in [0.15, 0.2) is 0 Å². The molecule has 4 nitrogen and oxygen atoms in total. The highest BCUT2D eigenvalue weighted by molar-refractivity contribution is 7.80. The van der Waals surface area contributed by atoms with Crippen molar-refractivity contribution >= 4 is 34.4 Å². The zero-order valence-electron chi connectivity index (χ0n) is 10.2. The van der Waals surface area contributed by atoms with Gasteiger partial charge in [0.25, 0.3) is 0 Å². The Bertz CT molecular complexity index is 577. The molecule has 0 radical (unpaired) electrons.